The molecule has 0 saturated carbocycles. The zero-order valence-corrected chi connectivity index (χ0v) is 21.3. The highest BCUT2D eigenvalue weighted by atomic mass is 16.6. The Balaban J connectivity index is 1.21. The molecular weight excluding hydrogens is 540 g/mol. The van der Waals surface area contributed by atoms with Crippen molar-refractivity contribution < 1.29 is 38.4 Å². The molecule has 3 amide bonds. The van der Waals surface area contributed by atoms with E-state index in [1.165, 1.54) is 23.1 Å². The lowest BCUT2D eigenvalue weighted by Crippen LogP contribution is -2.36. The molecule has 1 N–H and O–H groups in total. The van der Waals surface area contributed by atoms with Gasteiger partial charge in [-0.25, -0.2) is 0 Å². The number of ether oxygens (including phenoxy) is 3. The van der Waals surface area contributed by atoms with Crippen LogP contribution in [0.1, 0.15) is 33.6 Å². The molecule has 1 fully saturated rings. The number of nitrogens with one attached hydrogen (secondary N) is 1. The number of fused-ring (bicyclic) bond motifs is 1. The third-order valence-corrected chi connectivity index (χ3v) is 6.41. The molecule has 0 bridgehead atoms. The van der Waals surface area contributed by atoms with Gasteiger partial charge in [0.15, 0.2) is 12.4 Å². The summed E-state index contributed by atoms with van der Waals surface area (Å²) in [6.45, 7) is 0.208. The molecule has 2 heterocycles. The van der Waals surface area contributed by atoms with Crippen molar-refractivity contribution in [2.75, 3.05) is 25.1 Å². The van der Waals surface area contributed by atoms with Crippen molar-refractivity contribution in [3.8, 4) is 17.2 Å². The van der Waals surface area contributed by atoms with Gasteiger partial charge in [-0.05, 0) is 49.2 Å². The summed E-state index contributed by atoms with van der Waals surface area (Å²) >= 11 is 0. The van der Waals surface area contributed by atoms with Gasteiger partial charge >= 0.3 is 5.69 Å². The fourth-order valence-corrected chi connectivity index (χ4v) is 4.49. The Labute approximate surface area is 231 Å². The molecule has 210 valence electrons. The van der Waals surface area contributed by atoms with E-state index >= 15 is 0 Å². The summed E-state index contributed by atoms with van der Waals surface area (Å²) < 4.78 is 16.6. The van der Waals surface area contributed by atoms with Crippen molar-refractivity contribution in [1.29, 1.82) is 0 Å². The predicted molar refractivity (Wildman–Crippen MR) is 141 cm³/mol. The van der Waals surface area contributed by atoms with Crippen LogP contribution in [-0.2, 0) is 9.53 Å². The summed E-state index contributed by atoms with van der Waals surface area (Å²) in [4.78, 5) is 59.8. The molecule has 14 heteroatoms. The number of anilines is 1. The number of amides is 3. The van der Waals surface area contributed by atoms with Crippen molar-refractivity contribution in [3.05, 3.63) is 92.0 Å². The first kappa shape index (κ1) is 27.2. The lowest BCUT2D eigenvalue weighted by Gasteiger charge is -2.17. The van der Waals surface area contributed by atoms with Crippen LogP contribution in [-0.4, -0.2) is 58.3 Å². The summed E-state index contributed by atoms with van der Waals surface area (Å²) in [5.41, 5.74) is -0.293. The maximum absolute atomic E-state index is 12.9. The molecule has 1 atom stereocenters. The maximum atomic E-state index is 12.9. The Hall–Kier alpha value is -5.37. The van der Waals surface area contributed by atoms with Gasteiger partial charge in [0.25, 0.3) is 23.4 Å². The number of hydrogen-bond acceptors (Lipinski definition) is 10. The van der Waals surface area contributed by atoms with E-state index in [1.807, 2.05) is 0 Å². The molecule has 14 nitrogen and oxygen atoms in total. The Kier molecular flexibility index (Phi) is 7.56. The van der Waals surface area contributed by atoms with E-state index in [4.69, 9.17) is 14.2 Å². The highest BCUT2D eigenvalue weighted by Crippen LogP contribution is 2.32. The van der Waals surface area contributed by atoms with Crippen LogP contribution in [0.3, 0.4) is 0 Å². The van der Waals surface area contributed by atoms with Crippen molar-refractivity contribution >= 4 is 34.8 Å². The third kappa shape index (κ3) is 5.96. The van der Waals surface area contributed by atoms with Gasteiger partial charge in [-0.15, -0.1) is 0 Å². The van der Waals surface area contributed by atoms with E-state index in [9.17, 15) is 34.6 Å². The van der Waals surface area contributed by atoms with Crippen LogP contribution in [0.5, 0.6) is 17.2 Å². The first-order chi connectivity index (χ1) is 19.7. The molecule has 0 aromatic heterocycles. The minimum Gasteiger partial charge on any atom is -0.477 e. The second-order valence-corrected chi connectivity index (χ2v) is 9.20. The Bertz CT molecular complexity index is 1570. The molecule has 0 aliphatic carbocycles. The van der Waals surface area contributed by atoms with Gasteiger partial charge in [0, 0.05) is 24.4 Å². The highest BCUT2D eigenvalue weighted by molar-refractivity contribution is 6.21. The number of benzene rings is 3. The molecule has 0 spiro atoms. The van der Waals surface area contributed by atoms with Crippen LogP contribution in [0, 0.1) is 20.2 Å². The van der Waals surface area contributed by atoms with E-state index in [0.29, 0.717) is 23.8 Å². The van der Waals surface area contributed by atoms with E-state index in [0.717, 1.165) is 31.0 Å². The smallest absolute Gasteiger partial charge is 0.317 e. The summed E-state index contributed by atoms with van der Waals surface area (Å²) in [7, 11) is 0. The SMILES string of the molecule is O=C(COc1ccc([N+](=O)[O-])cc1[N+](=O)[O-])Nc1cccc(Oc2ccc3c(c2)C(=O)N(CC2CCCO2)C3=O)c1. The number of carbonyl (C=O) groups excluding carboxylic acids is 3. The number of nitrogens with zero attached hydrogens (tertiary/aromatic N) is 3. The van der Waals surface area contributed by atoms with Crippen LogP contribution < -0.4 is 14.8 Å². The quantitative estimate of drug-likeness (QED) is 0.215. The fourth-order valence-electron chi connectivity index (χ4n) is 4.49. The van der Waals surface area contributed by atoms with E-state index in [-0.39, 0.29) is 35.4 Å². The van der Waals surface area contributed by atoms with Gasteiger partial charge in [-0.1, -0.05) is 6.07 Å². The second kappa shape index (κ2) is 11.4. The third-order valence-electron chi connectivity index (χ3n) is 6.41. The average molecular weight is 562 g/mol. The van der Waals surface area contributed by atoms with Crippen LogP contribution in [0.2, 0.25) is 0 Å². The zero-order chi connectivity index (χ0) is 29.1. The van der Waals surface area contributed by atoms with Crippen molar-refractivity contribution in [1.82, 2.24) is 4.90 Å². The first-order valence-corrected chi connectivity index (χ1v) is 12.4. The number of imide groups is 1. The molecule has 41 heavy (non-hydrogen) atoms. The molecule has 2 aliphatic rings. The first-order valence-electron chi connectivity index (χ1n) is 12.4. The van der Waals surface area contributed by atoms with Gasteiger partial charge in [-0.3, -0.25) is 39.5 Å². The molecule has 0 radical (unpaired) electrons. The zero-order valence-electron chi connectivity index (χ0n) is 21.3. The lowest BCUT2D eigenvalue weighted by atomic mass is 10.1. The van der Waals surface area contributed by atoms with Gasteiger partial charge in [0.1, 0.15) is 11.5 Å². The van der Waals surface area contributed by atoms with Crippen molar-refractivity contribution in [3.63, 3.8) is 0 Å². The minimum absolute atomic E-state index is 0.166. The monoisotopic (exact) mass is 562 g/mol. The number of nitro benzene ring substituents is 2. The van der Waals surface area contributed by atoms with E-state index in [1.54, 1.807) is 24.3 Å². The molecular formula is C27H22N4O10. The number of non-ortho nitro benzene ring substituents is 1. The standard InChI is InChI=1S/C27H22N4O10/c32-25(15-40-24-9-6-17(30(35)36)12-23(24)31(37)38)28-16-3-1-4-18(11-16)41-19-7-8-21-22(13-19)27(34)29(26(21)33)14-20-5-2-10-39-20/h1,3-4,6-9,11-13,20H,2,5,10,14-15H2,(H,28,32). The van der Waals surface area contributed by atoms with Gasteiger partial charge in [0.05, 0.1) is 39.7 Å². The maximum Gasteiger partial charge on any atom is 0.317 e. The van der Waals surface area contributed by atoms with Crippen LogP contribution in [0.4, 0.5) is 17.1 Å². The van der Waals surface area contributed by atoms with E-state index < -0.39 is 39.6 Å². The molecule has 1 saturated heterocycles. The van der Waals surface area contributed by atoms with E-state index in [2.05, 4.69) is 5.32 Å². The van der Waals surface area contributed by atoms with Crippen LogP contribution in [0.25, 0.3) is 0 Å². The minimum atomic E-state index is -0.842. The number of hydrogen-bond donors (Lipinski definition) is 1. The molecule has 3 aromatic carbocycles. The van der Waals surface area contributed by atoms with Gasteiger partial charge in [0.2, 0.25) is 0 Å². The molecule has 5 rings (SSSR count). The summed E-state index contributed by atoms with van der Waals surface area (Å²) in [6.07, 6.45) is 1.51. The van der Waals surface area contributed by atoms with Crippen LogP contribution in [0.15, 0.2) is 60.7 Å². The Morgan fingerprint density at radius 2 is 1.76 bits per heavy atom. The van der Waals surface area contributed by atoms with Gasteiger partial charge in [-0.2, -0.15) is 0 Å². The molecule has 1 unspecified atom stereocenters. The number of nitro groups is 2. The predicted octanol–water partition coefficient (Wildman–Crippen LogP) is 4.09. The summed E-state index contributed by atoms with van der Waals surface area (Å²) in [5.74, 6) is -1.11. The van der Waals surface area contributed by atoms with Crippen LogP contribution >= 0.6 is 0 Å². The second-order valence-electron chi connectivity index (χ2n) is 9.20. The number of rotatable bonds is 10. The average Bonchev–Trinajstić information content (AvgIpc) is 3.54. The largest absolute Gasteiger partial charge is 0.477 e. The van der Waals surface area contributed by atoms with Crippen molar-refractivity contribution in [2.24, 2.45) is 0 Å². The van der Waals surface area contributed by atoms with Gasteiger partial charge < -0.3 is 19.5 Å². The summed E-state index contributed by atoms with van der Waals surface area (Å²) in [6, 6.07) is 13.7. The fraction of sp³-hybridized carbons (Fsp3) is 0.222. The Morgan fingerprint density at radius 1 is 0.976 bits per heavy atom. The molecule has 3 aromatic rings. The Morgan fingerprint density at radius 3 is 2.49 bits per heavy atom. The highest BCUT2D eigenvalue weighted by Gasteiger charge is 2.37. The lowest BCUT2D eigenvalue weighted by molar-refractivity contribution is -0.394. The summed E-state index contributed by atoms with van der Waals surface area (Å²) in [5, 5.41) is 24.7. The molecule has 2 aliphatic heterocycles. The van der Waals surface area contributed by atoms with Crippen molar-refractivity contribution in [2.45, 2.75) is 18.9 Å². The number of carbonyl (C=O) groups is 3. The normalized spacial score (nSPS) is 15.9. The topological polar surface area (TPSA) is 180 Å².